The maximum atomic E-state index is 13.6. The second-order valence-corrected chi connectivity index (χ2v) is 11.0. The Labute approximate surface area is 214 Å². The van der Waals surface area contributed by atoms with Crippen molar-refractivity contribution in [3.05, 3.63) is 42.5 Å². The molecule has 0 aliphatic carbocycles. The van der Waals surface area contributed by atoms with Crippen molar-refractivity contribution in [3.8, 4) is 0 Å². The molecule has 2 aromatic rings. The highest BCUT2D eigenvalue weighted by Gasteiger charge is 2.47. The highest BCUT2D eigenvalue weighted by Crippen LogP contribution is 2.27. The predicted molar refractivity (Wildman–Crippen MR) is 135 cm³/mol. The number of aliphatic hydroxyl groups excluding tert-OH is 1. The molecule has 37 heavy (non-hydrogen) atoms. The van der Waals surface area contributed by atoms with Gasteiger partial charge in [0.05, 0.1) is 17.9 Å². The lowest BCUT2D eigenvalue weighted by Gasteiger charge is -2.37. The van der Waals surface area contributed by atoms with Gasteiger partial charge in [0.1, 0.15) is 18.4 Å². The van der Waals surface area contributed by atoms with Gasteiger partial charge in [-0.25, -0.2) is 12.7 Å². The fourth-order valence-electron chi connectivity index (χ4n) is 4.74. The summed E-state index contributed by atoms with van der Waals surface area (Å²) in [6.45, 7) is 0.984. The van der Waals surface area contributed by atoms with Crippen molar-refractivity contribution in [2.24, 2.45) is 16.9 Å². The Balaban J connectivity index is 1.54. The van der Waals surface area contributed by atoms with Gasteiger partial charge in [0.15, 0.2) is 0 Å². The van der Waals surface area contributed by atoms with Crippen LogP contribution in [0.15, 0.2) is 52.5 Å². The Kier molecular flexibility index (Phi) is 7.93. The summed E-state index contributed by atoms with van der Waals surface area (Å²) in [7, 11) is -4.52. The highest BCUT2D eigenvalue weighted by molar-refractivity contribution is 7.89. The number of amides is 3. The van der Waals surface area contributed by atoms with E-state index in [0.717, 1.165) is 24.8 Å². The second-order valence-electron chi connectivity index (χ2n) is 9.18. The van der Waals surface area contributed by atoms with E-state index >= 15 is 0 Å². The lowest BCUT2D eigenvalue weighted by molar-refractivity contribution is -0.146. The van der Waals surface area contributed by atoms with Crippen LogP contribution in [0.25, 0.3) is 10.8 Å². The third kappa shape index (κ3) is 5.67. The molecule has 3 amide bonds. The minimum Gasteiger partial charge on any atom is -0.394 e. The van der Waals surface area contributed by atoms with Crippen LogP contribution < -0.4 is 16.5 Å². The van der Waals surface area contributed by atoms with Gasteiger partial charge in [0.25, 0.3) is 15.9 Å². The van der Waals surface area contributed by atoms with Crippen LogP contribution in [-0.4, -0.2) is 85.1 Å². The second kappa shape index (κ2) is 11.1. The Morgan fingerprint density at radius 2 is 1.97 bits per heavy atom. The zero-order chi connectivity index (χ0) is 26.6. The van der Waals surface area contributed by atoms with Crippen molar-refractivity contribution in [3.63, 3.8) is 0 Å². The number of likely N-dealkylation sites (tertiary alicyclic amines) is 1. The van der Waals surface area contributed by atoms with Crippen molar-refractivity contribution in [1.29, 1.82) is 0 Å². The molecule has 2 saturated heterocycles. The molecular weight excluding hydrogens is 500 g/mol. The number of carbonyl (C=O) groups is 3. The fraction of sp³-hybridized carbons (Fsp3) is 0.417. The van der Waals surface area contributed by atoms with Crippen molar-refractivity contribution in [2.75, 3.05) is 26.2 Å². The average molecular weight is 531 g/mol. The number of hydrogen-bond acceptors (Lipinski definition) is 8. The van der Waals surface area contributed by atoms with E-state index in [-0.39, 0.29) is 10.8 Å². The monoisotopic (exact) mass is 530 g/mol. The minimum absolute atomic E-state index is 0.119. The number of sulfonamides is 1. The van der Waals surface area contributed by atoms with Crippen LogP contribution in [0.5, 0.6) is 0 Å². The quantitative estimate of drug-likeness (QED) is 0.151. The number of fused-ring (bicyclic) bond motifs is 1. The number of nitrogens with zero attached hydrogens (tertiary/aromatic N) is 3. The van der Waals surface area contributed by atoms with Crippen LogP contribution in [0.4, 0.5) is 0 Å². The summed E-state index contributed by atoms with van der Waals surface area (Å²) in [4.78, 5) is 40.5. The summed E-state index contributed by atoms with van der Waals surface area (Å²) >= 11 is 0. The first kappa shape index (κ1) is 26.4. The minimum atomic E-state index is -4.52. The van der Waals surface area contributed by atoms with Gasteiger partial charge in [-0.1, -0.05) is 30.3 Å². The maximum Gasteiger partial charge on any atom is 0.267 e. The first-order valence-electron chi connectivity index (χ1n) is 12.0. The molecule has 2 aliphatic rings. The number of carbonyl (C=O) groups excluding carboxylic acids is 3. The first-order valence-corrected chi connectivity index (χ1v) is 13.4. The molecule has 0 bridgehead atoms. The Morgan fingerprint density at radius 3 is 2.70 bits per heavy atom. The third-order valence-corrected chi connectivity index (χ3v) is 8.43. The summed E-state index contributed by atoms with van der Waals surface area (Å²) in [6.07, 6.45) is 2.76. The molecule has 198 valence electrons. The number of piperidine rings is 1. The van der Waals surface area contributed by atoms with E-state index in [9.17, 15) is 27.9 Å². The van der Waals surface area contributed by atoms with Crippen LogP contribution in [-0.2, 0) is 24.4 Å². The van der Waals surface area contributed by atoms with Crippen molar-refractivity contribution in [1.82, 2.24) is 19.8 Å². The van der Waals surface area contributed by atoms with E-state index in [2.05, 4.69) is 15.7 Å². The lowest BCUT2D eigenvalue weighted by atomic mass is 9.98. The Bertz CT molecular complexity index is 1320. The van der Waals surface area contributed by atoms with Crippen molar-refractivity contribution in [2.45, 2.75) is 36.2 Å². The molecule has 4 rings (SSSR count). The standard InChI is InChI=1S/C24H30N6O6S/c25-27-15-29-9-3-4-16(13-29)12-26-22(32)11-21-23(33)28-20(14-31)24(34)30(21)37(35,36)19-8-7-17-5-1-2-6-18(17)10-19/h1-2,5-8,10,15-16,20-21,31H,3-4,9,11-14,25H2,(H,26,32)(H,28,33)/t16-,20-,21-/m0/s1. The molecule has 0 aromatic heterocycles. The SMILES string of the molecule is NN=CN1CCC[C@@H](CNC(=O)C[C@H]2C(=O)N[C@@H](CO)C(=O)N2S(=O)(=O)c2ccc3ccccc3c2)C1. The summed E-state index contributed by atoms with van der Waals surface area (Å²) in [5, 5.41) is 19.6. The van der Waals surface area contributed by atoms with E-state index in [1.54, 1.807) is 24.5 Å². The van der Waals surface area contributed by atoms with E-state index in [4.69, 9.17) is 5.84 Å². The molecule has 2 fully saturated rings. The summed E-state index contributed by atoms with van der Waals surface area (Å²) in [6, 6.07) is 8.44. The molecule has 5 N–H and O–H groups in total. The fourth-order valence-corrected chi connectivity index (χ4v) is 6.35. The van der Waals surface area contributed by atoms with Crippen LogP contribution in [0, 0.1) is 5.92 Å². The normalized spacial score (nSPS) is 22.9. The molecule has 0 saturated carbocycles. The number of piperazine rings is 1. The van der Waals surface area contributed by atoms with Crippen molar-refractivity contribution < 1.29 is 27.9 Å². The number of hydrazone groups is 1. The molecule has 2 aliphatic heterocycles. The van der Waals surface area contributed by atoms with Gasteiger partial charge < -0.3 is 26.5 Å². The number of hydrogen-bond donors (Lipinski definition) is 4. The number of benzene rings is 2. The van der Waals surface area contributed by atoms with Crippen LogP contribution in [0.3, 0.4) is 0 Å². The topological polar surface area (TPSA) is 174 Å². The van der Waals surface area contributed by atoms with Crippen molar-refractivity contribution >= 4 is 44.9 Å². The summed E-state index contributed by atoms with van der Waals surface area (Å²) in [5.41, 5.74) is 0. The number of nitrogens with two attached hydrogens (primary N) is 1. The predicted octanol–water partition coefficient (Wildman–Crippen LogP) is -0.663. The van der Waals surface area contributed by atoms with Gasteiger partial charge in [-0.2, -0.15) is 5.10 Å². The lowest BCUT2D eigenvalue weighted by Crippen LogP contribution is -2.66. The smallest absolute Gasteiger partial charge is 0.267 e. The third-order valence-electron chi connectivity index (χ3n) is 6.62. The molecule has 0 radical (unpaired) electrons. The van der Waals surface area contributed by atoms with Crippen LogP contribution >= 0.6 is 0 Å². The molecule has 0 unspecified atom stereocenters. The Hall–Kier alpha value is -3.71. The maximum absolute atomic E-state index is 13.6. The molecule has 2 aromatic carbocycles. The summed E-state index contributed by atoms with van der Waals surface area (Å²) in [5.74, 6) is 2.93. The van der Waals surface area contributed by atoms with Gasteiger partial charge in [0.2, 0.25) is 11.8 Å². The van der Waals surface area contributed by atoms with Gasteiger partial charge in [0, 0.05) is 19.6 Å². The van der Waals surface area contributed by atoms with E-state index in [1.165, 1.54) is 12.1 Å². The molecule has 12 nitrogen and oxygen atoms in total. The molecule has 13 heteroatoms. The van der Waals surface area contributed by atoms with Gasteiger partial charge in [-0.3, -0.25) is 14.4 Å². The number of nitrogens with one attached hydrogen (secondary N) is 2. The first-order chi connectivity index (χ1) is 17.7. The van der Waals surface area contributed by atoms with Crippen LogP contribution in [0.1, 0.15) is 19.3 Å². The van der Waals surface area contributed by atoms with Gasteiger partial charge >= 0.3 is 0 Å². The van der Waals surface area contributed by atoms with E-state index in [1.807, 2.05) is 17.0 Å². The zero-order valence-corrected chi connectivity index (χ0v) is 20.9. The Morgan fingerprint density at radius 1 is 1.22 bits per heavy atom. The largest absolute Gasteiger partial charge is 0.394 e. The van der Waals surface area contributed by atoms with Gasteiger partial charge in [-0.15, -0.1) is 0 Å². The molecule has 2 heterocycles. The average Bonchev–Trinajstić information content (AvgIpc) is 2.89. The van der Waals surface area contributed by atoms with Gasteiger partial charge in [-0.05, 0) is 41.7 Å². The van der Waals surface area contributed by atoms with E-state index < -0.39 is 52.9 Å². The molecular formula is C24H30N6O6S. The van der Waals surface area contributed by atoms with E-state index in [0.29, 0.717) is 22.8 Å². The highest BCUT2D eigenvalue weighted by atomic mass is 32.2. The summed E-state index contributed by atoms with van der Waals surface area (Å²) < 4.78 is 27.7. The molecule has 3 atom stereocenters. The molecule has 0 spiro atoms. The number of aliphatic hydroxyl groups is 1. The zero-order valence-electron chi connectivity index (χ0n) is 20.1. The van der Waals surface area contributed by atoms with Crippen LogP contribution in [0.2, 0.25) is 0 Å². The number of rotatable bonds is 8.